The van der Waals surface area contributed by atoms with E-state index in [0.29, 0.717) is 11.5 Å². The zero-order valence-electron chi connectivity index (χ0n) is 10.5. The van der Waals surface area contributed by atoms with Crippen molar-refractivity contribution in [1.29, 1.82) is 5.26 Å². The van der Waals surface area contributed by atoms with E-state index in [4.69, 9.17) is 19.8 Å². The van der Waals surface area contributed by atoms with Crippen LogP contribution in [0, 0.1) is 11.3 Å². The largest absolute Gasteiger partial charge is 0.493 e. The molecule has 0 amide bonds. The van der Waals surface area contributed by atoms with Gasteiger partial charge in [-0.25, -0.2) is 9.78 Å². The van der Waals surface area contributed by atoms with Gasteiger partial charge >= 0.3 is 5.97 Å². The van der Waals surface area contributed by atoms with Crippen LogP contribution in [0.25, 0.3) is 0 Å². The molecule has 6 heteroatoms. The Hall–Kier alpha value is -3.07. The minimum absolute atomic E-state index is 0.0281. The SMILES string of the molecule is COc1cccc(C(=O)O)c1Oc1ccnc(C#N)c1. The highest BCUT2D eigenvalue weighted by Gasteiger charge is 2.17. The quantitative estimate of drug-likeness (QED) is 0.917. The molecule has 0 radical (unpaired) electrons. The van der Waals surface area contributed by atoms with E-state index >= 15 is 0 Å². The van der Waals surface area contributed by atoms with Gasteiger partial charge in [0.2, 0.25) is 0 Å². The first-order valence-electron chi connectivity index (χ1n) is 5.60. The Morgan fingerprint density at radius 1 is 1.40 bits per heavy atom. The normalized spacial score (nSPS) is 9.60. The van der Waals surface area contributed by atoms with Crippen LogP contribution in [0.2, 0.25) is 0 Å². The molecular formula is C14H10N2O4. The fourth-order valence-corrected chi connectivity index (χ4v) is 1.60. The molecule has 1 N–H and O–H groups in total. The second-order valence-electron chi connectivity index (χ2n) is 3.73. The van der Waals surface area contributed by atoms with Crippen LogP contribution in [0.15, 0.2) is 36.5 Å². The van der Waals surface area contributed by atoms with Crippen LogP contribution >= 0.6 is 0 Å². The predicted molar refractivity (Wildman–Crippen MR) is 69.0 cm³/mol. The van der Waals surface area contributed by atoms with Gasteiger partial charge in [-0.15, -0.1) is 0 Å². The number of nitrogens with zero attached hydrogens (tertiary/aromatic N) is 2. The van der Waals surface area contributed by atoms with E-state index in [9.17, 15) is 4.79 Å². The molecule has 0 aliphatic rings. The molecule has 0 saturated carbocycles. The Labute approximate surface area is 114 Å². The number of aromatic carboxylic acids is 1. The standard InChI is InChI=1S/C14H10N2O4/c1-19-12-4-2-3-11(14(17)18)13(12)20-10-5-6-16-9(7-10)8-15/h2-7H,1H3,(H,17,18). The molecule has 0 fully saturated rings. The number of methoxy groups -OCH3 is 1. The van der Waals surface area contributed by atoms with Crippen molar-refractivity contribution in [2.75, 3.05) is 7.11 Å². The number of rotatable bonds is 4. The van der Waals surface area contributed by atoms with E-state index < -0.39 is 5.97 Å². The Balaban J connectivity index is 2.46. The molecule has 0 bridgehead atoms. The molecule has 0 saturated heterocycles. The molecular weight excluding hydrogens is 260 g/mol. The minimum atomic E-state index is -1.13. The van der Waals surface area contributed by atoms with Gasteiger partial charge in [0.1, 0.15) is 23.1 Å². The number of benzene rings is 1. The van der Waals surface area contributed by atoms with Gasteiger partial charge in [0, 0.05) is 12.3 Å². The van der Waals surface area contributed by atoms with Gasteiger partial charge in [0.25, 0.3) is 0 Å². The molecule has 20 heavy (non-hydrogen) atoms. The number of carbonyl (C=O) groups is 1. The number of hydrogen-bond donors (Lipinski definition) is 1. The minimum Gasteiger partial charge on any atom is -0.493 e. The smallest absolute Gasteiger partial charge is 0.339 e. The number of ether oxygens (including phenoxy) is 2. The van der Waals surface area contributed by atoms with Crippen LogP contribution in [0.1, 0.15) is 16.1 Å². The molecule has 6 nitrogen and oxygen atoms in total. The summed E-state index contributed by atoms with van der Waals surface area (Å²) in [5, 5.41) is 17.9. The molecule has 2 aromatic rings. The van der Waals surface area contributed by atoms with Gasteiger partial charge in [-0.05, 0) is 18.2 Å². The molecule has 1 aromatic heterocycles. The van der Waals surface area contributed by atoms with Crippen molar-refractivity contribution in [3.8, 4) is 23.3 Å². The van der Waals surface area contributed by atoms with Gasteiger partial charge in [-0.1, -0.05) is 6.07 Å². The highest BCUT2D eigenvalue weighted by atomic mass is 16.5. The first-order chi connectivity index (χ1) is 9.65. The number of carboxylic acids is 1. The van der Waals surface area contributed by atoms with Gasteiger partial charge in [0.05, 0.1) is 7.11 Å². The predicted octanol–water partition coefficient (Wildman–Crippen LogP) is 2.45. The Morgan fingerprint density at radius 2 is 2.20 bits per heavy atom. The number of carboxylic acid groups (broad SMARTS) is 1. The summed E-state index contributed by atoms with van der Waals surface area (Å²) in [6.45, 7) is 0. The van der Waals surface area contributed by atoms with Crippen molar-refractivity contribution in [3.05, 3.63) is 47.8 Å². The molecule has 1 aromatic carbocycles. The third-order valence-electron chi connectivity index (χ3n) is 2.50. The fourth-order valence-electron chi connectivity index (χ4n) is 1.60. The number of para-hydroxylation sites is 1. The summed E-state index contributed by atoms with van der Waals surface area (Å²) in [6, 6.07) is 9.38. The van der Waals surface area contributed by atoms with E-state index in [-0.39, 0.29) is 17.0 Å². The third kappa shape index (κ3) is 2.67. The molecule has 0 atom stereocenters. The second-order valence-corrected chi connectivity index (χ2v) is 3.73. The molecule has 1 heterocycles. The lowest BCUT2D eigenvalue weighted by Crippen LogP contribution is -2.02. The van der Waals surface area contributed by atoms with Crippen LogP contribution in [0.4, 0.5) is 0 Å². The van der Waals surface area contributed by atoms with Crippen molar-refractivity contribution in [2.24, 2.45) is 0 Å². The third-order valence-corrected chi connectivity index (χ3v) is 2.50. The average molecular weight is 270 g/mol. The van der Waals surface area contributed by atoms with Gasteiger partial charge in [0.15, 0.2) is 11.5 Å². The van der Waals surface area contributed by atoms with Crippen molar-refractivity contribution in [2.45, 2.75) is 0 Å². The summed E-state index contributed by atoms with van der Waals surface area (Å²) in [4.78, 5) is 15.0. The summed E-state index contributed by atoms with van der Waals surface area (Å²) in [6.07, 6.45) is 1.41. The number of pyridine rings is 1. The van der Waals surface area contributed by atoms with Gasteiger partial charge in [-0.2, -0.15) is 5.26 Å². The van der Waals surface area contributed by atoms with E-state index in [1.807, 2.05) is 6.07 Å². The first kappa shape index (κ1) is 13.4. The molecule has 2 rings (SSSR count). The Bertz CT molecular complexity index is 692. The molecule has 0 unspecified atom stereocenters. The lowest BCUT2D eigenvalue weighted by Gasteiger charge is -2.12. The molecule has 100 valence electrons. The van der Waals surface area contributed by atoms with Gasteiger partial charge < -0.3 is 14.6 Å². The Morgan fingerprint density at radius 3 is 2.85 bits per heavy atom. The topological polar surface area (TPSA) is 92.4 Å². The Kier molecular flexibility index (Phi) is 3.82. The van der Waals surface area contributed by atoms with Crippen LogP contribution in [-0.2, 0) is 0 Å². The highest BCUT2D eigenvalue weighted by molar-refractivity contribution is 5.92. The number of nitriles is 1. The van der Waals surface area contributed by atoms with E-state index in [0.717, 1.165) is 0 Å². The van der Waals surface area contributed by atoms with E-state index in [1.165, 1.54) is 31.5 Å². The monoisotopic (exact) mass is 270 g/mol. The van der Waals surface area contributed by atoms with Gasteiger partial charge in [-0.3, -0.25) is 0 Å². The lowest BCUT2D eigenvalue weighted by molar-refractivity contribution is 0.0693. The summed E-state index contributed by atoms with van der Waals surface area (Å²) >= 11 is 0. The number of hydrogen-bond acceptors (Lipinski definition) is 5. The fraction of sp³-hybridized carbons (Fsp3) is 0.0714. The van der Waals surface area contributed by atoms with Crippen molar-refractivity contribution < 1.29 is 19.4 Å². The molecule has 0 spiro atoms. The maximum absolute atomic E-state index is 11.2. The zero-order chi connectivity index (χ0) is 14.5. The zero-order valence-corrected chi connectivity index (χ0v) is 10.5. The van der Waals surface area contributed by atoms with Crippen molar-refractivity contribution in [1.82, 2.24) is 4.98 Å². The van der Waals surface area contributed by atoms with Crippen LogP contribution in [0.3, 0.4) is 0 Å². The maximum Gasteiger partial charge on any atom is 0.339 e. The number of aromatic nitrogens is 1. The highest BCUT2D eigenvalue weighted by Crippen LogP contribution is 2.35. The molecule has 0 aliphatic heterocycles. The van der Waals surface area contributed by atoms with Crippen molar-refractivity contribution >= 4 is 5.97 Å². The maximum atomic E-state index is 11.2. The van der Waals surface area contributed by atoms with Crippen LogP contribution in [-0.4, -0.2) is 23.2 Å². The van der Waals surface area contributed by atoms with Crippen LogP contribution < -0.4 is 9.47 Å². The molecule has 0 aliphatic carbocycles. The van der Waals surface area contributed by atoms with E-state index in [1.54, 1.807) is 12.1 Å². The average Bonchev–Trinajstić information content (AvgIpc) is 2.47. The van der Waals surface area contributed by atoms with Crippen LogP contribution in [0.5, 0.6) is 17.2 Å². The lowest BCUT2D eigenvalue weighted by atomic mass is 10.2. The summed E-state index contributed by atoms with van der Waals surface area (Å²) in [5.41, 5.74) is 0.147. The summed E-state index contributed by atoms with van der Waals surface area (Å²) in [7, 11) is 1.42. The van der Waals surface area contributed by atoms with Crippen molar-refractivity contribution in [3.63, 3.8) is 0 Å². The van der Waals surface area contributed by atoms with E-state index in [2.05, 4.69) is 4.98 Å². The first-order valence-corrected chi connectivity index (χ1v) is 5.60. The second kappa shape index (κ2) is 5.71. The summed E-state index contributed by atoms with van der Waals surface area (Å²) in [5.74, 6) is -0.449. The summed E-state index contributed by atoms with van der Waals surface area (Å²) < 4.78 is 10.6.